The highest BCUT2D eigenvalue weighted by Crippen LogP contribution is 2.31. The van der Waals surface area contributed by atoms with E-state index in [4.69, 9.17) is 14.2 Å². The molecule has 0 aliphatic carbocycles. The van der Waals surface area contributed by atoms with Crippen LogP contribution in [0.15, 0.2) is 36.5 Å². The monoisotopic (exact) mass is 313 g/mol. The molecule has 0 saturated carbocycles. The summed E-state index contributed by atoms with van der Waals surface area (Å²) in [5.74, 6) is 1.33. The summed E-state index contributed by atoms with van der Waals surface area (Å²) in [7, 11) is 4.49. The number of hydrogen-bond donors (Lipinski definition) is 0. The normalized spacial score (nSPS) is 10.6. The van der Waals surface area contributed by atoms with E-state index in [1.807, 2.05) is 6.07 Å². The maximum Gasteiger partial charge on any atom is 0.339 e. The van der Waals surface area contributed by atoms with Gasteiger partial charge in [0.05, 0.1) is 26.9 Å². The number of carbonyl (C=O) groups excluding carboxylic acids is 1. The number of fused-ring (bicyclic) bond motifs is 1. The van der Waals surface area contributed by atoms with E-state index in [9.17, 15) is 4.79 Å². The zero-order valence-electron chi connectivity index (χ0n) is 12.9. The molecular weight excluding hydrogens is 298 g/mol. The zero-order valence-corrected chi connectivity index (χ0v) is 12.9. The van der Waals surface area contributed by atoms with E-state index in [2.05, 4.69) is 10.1 Å². The van der Waals surface area contributed by atoms with Crippen LogP contribution >= 0.6 is 0 Å². The van der Waals surface area contributed by atoms with Gasteiger partial charge in [0.15, 0.2) is 23.0 Å². The minimum Gasteiger partial charge on any atom is -0.493 e. The van der Waals surface area contributed by atoms with Crippen LogP contribution in [-0.2, 0) is 4.74 Å². The first-order chi connectivity index (χ1) is 11.2. The fraction of sp³-hybridized carbons (Fsp3) is 0.188. The fourth-order valence-electron chi connectivity index (χ4n) is 2.22. The van der Waals surface area contributed by atoms with Crippen LogP contribution in [-0.4, -0.2) is 41.9 Å². The van der Waals surface area contributed by atoms with Gasteiger partial charge in [-0.05, 0) is 30.3 Å². The molecule has 2 heterocycles. The molecular formula is C16H15N3O4. The van der Waals surface area contributed by atoms with E-state index in [0.29, 0.717) is 28.5 Å². The van der Waals surface area contributed by atoms with E-state index in [0.717, 1.165) is 5.56 Å². The number of benzene rings is 1. The number of aromatic nitrogens is 3. The lowest BCUT2D eigenvalue weighted by Gasteiger charge is -2.07. The Morgan fingerprint density at radius 2 is 1.83 bits per heavy atom. The number of ether oxygens (including phenoxy) is 3. The average molecular weight is 313 g/mol. The molecule has 3 aromatic rings. The number of carbonyl (C=O) groups is 1. The Balaban J connectivity index is 2.05. The van der Waals surface area contributed by atoms with E-state index in [1.54, 1.807) is 44.7 Å². The maximum absolute atomic E-state index is 11.6. The summed E-state index contributed by atoms with van der Waals surface area (Å²) in [6.45, 7) is 0. The molecule has 0 aliphatic rings. The second-order valence-electron chi connectivity index (χ2n) is 4.72. The maximum atomic E-state index is 11.6. The number of esters is 1. The van der Waals surface area contributed by atoms with Crippen molar-refractivity contribution in [2.45, 2.75) is 0 Å². The van der Waals surface area contributed by atoms with Crippen molar-refractivity contribution in [3.63, 3.8) is 0 Å². The lowest BCUT2D eigenvalue weighted by molar-refractivity contribution is 0.0600. The Bertz CT molecular complexity index is 873. The fourth-order valence-corrected chi connectivity index (χ4v) is 2.22. The molecule has 0 fully saturated rings. The Hall–Kier alpha value is -3.09. The van der Waals surface area contributed by atoms with Gasteiger partial charge in [-0.2, -0.15) is 0 Å². The third-order valence-electron chi connectivity index (χ3n) is 3.39. The lowest BCUT2D eigenvalue weighted by atomic mass is 10.2. The predicted molar refractivity (Wildman–Crippen MR) is 82.9 cm³/mol. The van der Waals surface area contributed by atoms with Crippen LogP contribution in [0.2, 0.25) is 0 Å². The van der Waals surface area contributed by atoms with Crippen molar-refractivity contribution in [3.8, 4) is 22.9 Å². The minimum atomic E-state index is -0.421. The van der Waals surface area contributed by atoms with Crippen molar-refractivity contribution in [2.24, 2.45) is 0 Å². The van der Waals surface area contributed by atoms with E-state index in [1.165, 1.54) is 11.6 Å². The summed E-state index contributed by atoms with van der Waals surface area (Å²) in [6.07, 6.45) is 1.58. The molecule has 7 nitrogen and oxygen atoms in total. The molecule has 23 heavy (non-hydrogen) atoms. The summed E-state index contributed by atoms with van der Waals surface area (Å²) in [5.41, 5.74) is 1.82. The summed E-state index contributed by atoms with van der Waals surface area (Å²) in [4.78, 5) is 16.0. The molecule has 0 bridgehead atoms. The van der Waals surface area contributed by atoms with Crippen LogP contribution in [0.1, 0.15) is 10.4 Å². The molecule has 0 aliphatic heterocycles. The Morgan fingerprint density at radius 1 is 1.04 bits per heavy atom. The van der Waals surface area contributed by atoms with Gasteiger partial charge in [0.1, 0.15) is 0 Å². The Morgan fingerprint density at radius 3 is 2.52 bits per heavy atom. The van der Waals surface area contributed by atoms with Crippen LogP contribution in [0.4, 0.5) is 0 Å². The van der Waals surface area contributed by atoms with Gasteiger partial charge in [-0.15, -0.1) is 5.10 Å². The molecule has 3 rings (SSSR count). The van der Waals surface area contributed by atoms with Gasteiger partial charge in [0.2, 0.25) is 0 Å². The summed E-state index contributed by atoms with van der Waals surface area (Å²) in [5, 5.41) is 4.39. The Labute approximate surface area is 132 Å². The van der Waals surface area contributed by atoms with Crippen molar-refractivity contribution in [1.29, 1.82) is 0 Å². The largest absolute Gasteiger partial charge is 0.493 e. The first kappa shape index (κ1) is 14.8. The van der Waals surface area contributed by atoms with Crippen LogP contribution in [0.5, 0.6) is 11.5 Å². The van der Waals surface area contributed by atoms with Gasteiger partial charge in [-0.1, -0.05) is 0 Å². The smallest absolute Gasteiger partial charge is 0.339 e. The lowest BCUT2D eigenvalue weighted by Crippen LogP contribution is -2.03. The van der Waals surface area contributed by atoms with Gasteiger partial charge in [0.25, 0.3) is 0 Å². The summed E-state index contributed by atoms with van der Waals surface area (Å²) >= 11 is 0. The first-order valence-corrected chi connectivity index (χ1v) is 6.83. The van der Waals surface area contributed by atoms with Gasteiger partial charge in [-0.3, -0.25) is 0 Å². The third kappa shape index (κ3) is 2.68. The number of pyridine rings is 1. The number of methoxy groups -OCH3 is 3. The highest BCUT2D eigenvalue weighted by Gasteiger charge is 2.12. The van der Waals surface area contributed by atoms with Crippen molar-refractivity contribution < 1.29 is 19.0 Å². The van der Waals surface area contributed by atoms with Crippen molar-refractivity contribution >= 4 is 11.6 Å². The quantitative estimate of drug-likeness (QED) is 0.687. The first-order valence-electron chi connectivity index (χ1n) is 6.83. The zero-order chi connectivity index (χ0) is 16.4. The molecule has 118 valence electrons. The molecule has 0 spiro atoms. The van der Waals surface area contributed by atoms with E-state index < -0.39 is 5.97 Å². The van der Waals surface area contributed by atoms with Gasteiger partial charge in [0, 0.05) is 11.8 Å². The number of nitrogens with zero attached hydrogens (tertiary/aromatic N) is 3. The average Bonchev–Trinajstić information content (AvgIpc) is 3.03. The van der Waals surface area contributed by atoms with Gasteiger partial charge >= 0.3 is 5.97 Å². The Kier molecular flexibility index (Phi) is 3.84. The van der Waals surface area contributed by atoms with Crippen LogP contribution in [0, 0.1) is 0 Å². The van der Waals surface area contributed by atoms with E-state index in [-0.39, 0.29) is 0 Å². The minimum absolute atomic E-state index is 0.406. The standard InChI is InChI=1S/C16H15N3O4/c1-21-12-6-4-10(8-13(12)22-2)15-17-14-7-5-11(16(20)23-3)9-19(14)18-15/h4-9H,1-3H3. The molecule has 0 N–H and O–H groups in total. The topological polar surface area (TPSA) is 75.0 Å². The van der Waals surface area contributed by atoms with Crippen LogP contribution in [0.3, 0.4) is 0 Å². The molecule has 0 amide bonds. The van der Waals surface area contributed by atoms with Crippen LogP contribution in [0.25, 0.3) is 17.0 Å². The second-order valence-corrected chi connectivity index (χ2v) is 4.72. The molecule has 7 heteroatoms. The van der Waals surface area contributed by atoms with Crippen LogP contribution < -0.4 is 9.47 Å². The van der Waals surface area contributed by atoms with Gasteiger partial charge in [-0.25, -0.2) is 14.3 Å². The van der Waals surface area contributed by atoms with E-state index >= 15 is 0 Å². The van der Waals surface area contributed by atoms with Crippen molar-refractivity contribution in [3.05, 3.63) is 42.1 Å². The number of hydrogen-bond acceptors (Lipinski definition) is 6. The molecule has 1 aromatic carbocycles. The van der Waals surface area contributed by atoms with Gasteiger partial charge < -0.3 is 14.2 Å². The molecule has 0 radical (unpaired) electrons. The summed E-state index contributed by atoms with van der Waals surface area (Å²) < 4.78 is 16.7. The predicted octanol–water partition coefficient (Wildman–Crippen LogP) is 2.20. The molecule has 2 aromatic heterocycles. The highest BCUT2D eigenvalue weighted by atomic mass is 16.5. The molecule has 0 atom stereocenters. The second kappa shape index (κ2) is 5.96. The SMILES string of the molecule is COC(=O)c1ccc2nc(-c3ccc(OC)c(OC)c3)nn2c1. The van der Waals surface area contributed by atoms with Crippen molar-refractivity contribution in [2.75, 3.05) is 21.3 Å². The highest BCUT2D eigenvalue weighted by molar-refractivity contribution is 5.89. The van der Waals surface area contributed by atoms with Crippen molar-refractivity contribution in [1.82, 2.24) is 14.6 Å². The number of rotatable bonds is 4. The molecule has 0 unspecified atom stereocenters. The summed E-state index contributed by atoms with van der Waals surface area (Å²) in [6, 6.07) is 8.80. The molecule has 0 saturated heterocycles. The third-order valence-corrected chi connectivity index (χ3v) is 3.39.